The molecule has 120 valence electrons. The number of aliphatic hydroxyl groups excluding tert-OH is 1. The summed E-state index contributed by atoms with van der Waals surface area (Å²) in [4.78, 5) is 7.02. The van der Waals surface area contributed by atoms with Crippen LogP contribution < -0.4 is 0 Å². The summed E-state index contributed by atoms with van der Waals surface area (Å²) in [5, 5.41) is 17.0. The zero-order valence-corrected chi connectivity index (χ0v) is 14.1. The topological polar surface area (TPSA) is 54.2 Å². The van der Waals surface area contributed by atoms with Gasteiger partial charge in [-0.05, 0) is 33.2 Å². The van der Waals surface area contributed by atoms with Crippen LogP contribution in [0.5, 0.6) is 0 Å². The lowest BCUT2D eigenvalue weighted by Crippen LogP contribution is -2.34. The summed E-state index contributed by atoms with van der Waals surface area (Å²) >= 11 is 1.77. The standard InChI is InChI=1S/C16H24N4OS/c1-12-15(13(2)20(18-12)7-8-21)11-19-6-3-4-14(10-19)16-17-5-9-22-16/h5,9,14,21H,3-4,6-8,10-11H2,1-2H3. The minimum absolute atomic E-state index is 0.136. The lowest BCUT2D eigenvalue weighted by molar-refractivity contribution is 0.199. The zero-order chi connectivity index (χ0) is 15.5. The molecule has 1 fully saturated rings. The molecule has 3 heterocycles. The molecule has 2 aromatic heterocycles. The molecule has 1 N–H and O–H groups in total. The number of aliphatic hydroxyl groups is 1. The summed E-state index contributed by atoms with van der Waals surface area (Å²) in [5.41, 5.74) is 3.58. The van der Waals surface area contributed by atoms with Crippen molar-refractivity contribution in [2.75, 3.05) is 19.7 Å². The van der Waals surface area contributed by atoms with E-state index in [1.165, 1.54) is 29.1 Å². The molecule has 3 rings (SSSR count). The van der Waals surface area contributed by atoms with Gasteiger partial charge in [-0.2, -0.15) is 5.10 Å². The zero-order valence-electron chi connectivity index (χ0n) is 13.3. The van der Waals surface area contributed by atoms with E-state index in [1.807, 2.05) is 10.9 Å². The largest absolute Gasteiger partial charge is 0.394 e. The van der Waals surface area contributed by atoms with Crippen molar-refractivity contribution in [3.05, 3.63) is 33.5 Å². The van der Waals surface area contributed by atoms with E-state index in [2.05, 4.69) is 34.2 Å². The fourth-order valence-electron chi connectivity index (χ4n) is 3.34. The number of aromatic nitrogens is 3. The summed E-state index contributed by atoms with van der Waals surface area (Å²) in [7, 11) is 0. The SMILES string of the molecule is Cc1nn(CCO)c(C)c1CN1CCCC(c2nccs2)C1. The van der Waals surface area contributed by atoms with Crippen LogP contribution >= 0.6 is 11.3 Å². The van der Waals surface area contributed by atoms with E-state index in [0.29, 0.717) is 12.5 Å². The van der Waals surface area contributed by atoms with Crippen molar-refractivity contribution in [3.63, 3.8) is 0 Å². The van der Waals surface area contributed by atoms with Crippen LogP contribution in [0.15, 0.2) is 11.6 Å². The summed E-state index contributed by atoms with van der Waals surface area (Å²) in [5.74, 6) is 0.571. The minimum atomic E-state index is 0.136. The van der Waals surface area contributed by atoms with Crippen molar-refractivity contribution in [2.45, 2.75) is 45.7 Å². The molecular formula is C16H24N4OS. The van der Waals surface area contributed by atoms with Crippen LogP contribution in [-0.4, -0.2) is 44.5 Å². The molecule has 1 unspecified atom stereocenters. The molecule has 1 atom stereocenters. The Bertz CT molecular complexity index is 608. The van der Waals surface area contributed by atoms with E-state index >= 15 is 0 Å². The molecule has 0 aromatic carbocycles. The number of likely N-dealkylation sites (tertiary alicyclic amines) is 1. The monoisotopic (exact) mass is 320 g/mol. The van der Waals surface area contributed by atoms with Gasteiger partial charge in [0, 0.05) is 41.8 Å². The Morgan fingerprint density at radius 1 is 1.41 bits per heavy atom. The van der Waals surface area contributed by atoms with Gasteiger partial charge < -0.3 is 5.11 Å². The second-order valence-electron chi connectivity index (χ2n) is 6.04. The summed E-state index contributed by atoms with van der Waals surface area (Å²) < 4.78 is 1.92. The summed E-state index contributed by atoms with van der Waals surface area (Å²) in [6.45, 7) is 8.06. The van der Waals surface area contributed by atoms with Crippen molar-refractivity contribution >= 4 is 11.3 Å². The van der Waals surface area contributed by atoms with E-state index in [-0.39, 0.29) is 6.61 Å². The van der Waals surface area contributed by atoms with Gasteiger partial charge in [-0.1, -0.05) is 0 Å². The van der Waals surface area contributed by atoms with Gasteiger partial charge in [0.05, 0.1) is 23.9 Å². The first-order chi connectivity index (χ1) is 10.7. The quantitative estimate of drug-likeness (QED) is 0.919. The molecule has 0 spiro atoms. The van der Waals surface area contributed by atoms with Gasteiger partial charge in [0.1, 0.15) is 0 Å². The lowest BCUT2D eigenvalue weighted by atomic mass is 9.98. The first-order valence-corrected chi connectivity index (χ1v) is 8.82. The Kier molecular flexibility index (Phi) is 4.90. The molecule has 5 nitrogen and oxygen atoms in total. The Morgan fingerprint density at radius 2 is 2.27 bits per heavy atom. The predicted molar refractivity (Wildman–Crippen MR) is 88.2 cm³/mol. The van der Waals surface area contributed by atoms with Gasteiger partial charge in [0.15, 0.2) is 0 Å². The number of thiazole rings is 1. The first kappa shape index (κ1) is 15.6. The third-order valence-corrected chi connectivity index (χ3v) is 5.47. The van der Waals surface area contributed by atoms with E-state index in [9.17, 15) is 0 Å². The number of piperidine rings is 1. The highest BCUT2D eigenvalue weighted by molar-refractivity contribution is 7.09. The third kappa shape index (κ3) is 3.24. The molecule has 0 aliphatic carbocycles. The Balaban J connectivity index is 1.70. The van der Waals surface area contributed by atoms with Crippen LogP contribution in [0.1, 0.15) is 40.7 Å². The molecule has 1 saturated heterocycles. The number of aryl methyl sites for hydroxylation is 1. The van der Waals surface area contributed by atoms with Gasteiger partial charge in [-0.25, -0.2) is 4.98 Å². The van der Waals surface area contributed by atoms with Crippen molar-refractivity contribution in [1.29, 1.82) is 0 Å². The Morgan fingerprint density at radius 3 is 3.00 bits per heavy atom. The first-order valence-electron chi connectivity index (χ1n) is 7.94. The maximum absolute atomic E-state index is 9.13. The van der Waals surface area contributed by atoms with Crippen LogP contribution in [-0.2, 0) is 13.1 Å². The fraction of sp³-hybridized carbons (Fsp3) is 0.625. The summed E-state index contributed by atoms with van der Waals surface area (Å²) in [6, 6.07) is 0. The van der Waals surface area contributed by atoms with Crippen molar-refractivity contribution < 1.29 is 5.11 Å². The van der Waals surface area contributed by atoms with Gasteiger partial charge in [-0.3, -0.25) is 9.58 Å². The van der Waals surface area contributed by atoms with Crippen LogP contribution in [0.3, 0.4) is 0 Å². The molecular weight excluding hydrogens is 296 g/mol. The summed E-state index contributed by atoms with van der Waals surface area (Å²) in [6.07, 6.45) is 4.38. The number of nitrogens with zero attached hydrogens (tertiary/aromatic N) is 4. The molecule has 0 amide bonds. The van der Waals surface area contributed by atoms with E-state index < -0.39 is 0 Å². The van der Waals surface area contributed by atoms with Crippen LogP contribution in [0.4, 0.5) is 0 Å². The van der Waals surface area contributed by atoms with Gasteiger partial charge in [0.2, 0.25) is 0 Å². The van der Waals surface area contributed by atoms with Crippen molar-refractivity contribution in [3.8, 4) is 0 Å². The third-order valence-electron chi connectivity index (χ3n) is 4.53. The molecule has 1 aliphatic heterocycles. The van der Waals surface area contributed by atoms with Gasteiger partial charge in [0.25, 0.3) is 0 Å². The van der Waals surface area contributed by atoms with E-state index in [0.717, 1.165) is 25.3 Å². The molecule has 2 aromatic rings. The molecule has 0 radical (unpaired) electrons. The molecule has 0 saturated carbocycles. The van der Waals surface area contributed by atoms with E-state index in [4.69, 9.17) is 5.11 Å². The smallest absolute Gasteiger partial charge is 0.0968 e. The molecule has 1 aliphatic rings. The van der Waals surface area contributed by atoms with Gasteiger partial charge >= 0.3 is 0 Å². The number of rotatable bonds is 5. The molecule has 0 bridgehead atoms. The van der Waals surface area contributed by atoms with Crippen LogP contribution in [0, 0.1) is 13.8 Å². The average molecular weight is 320 g/mol. The Hall–Kier alpha value is -1.24. The van der Waals surface area contributed by atoms with Crippen LogP contribution in [0.25, 0.3) is 0 Å². The lowest BCUT2D eigenvalue weighted by Gasteiger charge is -2.31. The maximum atomic E-state index is 9.13. The highest BCUT2D eigenvalue weighted by Gasteiger charge is 2.24. The number of hydrogen-bond acceptors (Lipinski definition) is 5. The van der Waals surface area contributed by atoms with Gasteiger partial charge in [-0.15, -0.1) is 11.3 Å². The highest BCUT2D eigenvalue weighted by Crippen LogP contribution is 2.29. The van der Waals surface area contributed by atoms with Crippen molar-refractivity contribution in [1.82, 2.24) is 19.7 Å². The van der Waals surface area contributed by atoms with Crippen LogP contribution in [0.2, 0.25) is 0 Å². The maximum Gasteiger partial charge on any atom is 0.0968 e. The fourth-order valence-corrected chi connectivity index (χ4v) is 4.10. The minimum Gasteiger partial charge on any atom is -0.394 e. The number of hydrogen-bond donors (Lipinski definition) is 1. The molecule has 6 heteroatoms. The van der Waals surface area contributed by atoms with E-state index in [1.54, 1.807) is 11.3 Å². The second-order valence-corrected chi connectivity index (χ2v) is 6.97. The second kappa shape index (κ2) is 6.89. The highest BCUT2D eigenvalue weighted by atomic mass is 32.1. The average Bonchev–Trinajstić information content (AvgIpc) is 3.13. The molecule has 22 heavy (non-hydrogen) atoms. The van der Waals surface area contributed by atoms with Crippen molar-refractivity contribution in [2.24, 2.45) is 0 Å². The predicted octanol–water partition coefficient (Wildman–Crippen LogP) is 2.33. The Labute approximate surface area is 135 Å². The normalized spacial score (nSPS) is 19.7.